The van der Waals surface area contributed by atoms with Crippen LogP contribution in [-0.4, -0.2) is 47.2 Å². The molecule has 4 nitrogen and oxygen atoms in total. The molecule has 0 aliphatic carbocycles. The summed E-state index contributed by atoms with van der Waals surface area (Å²) in [5.41, 5.74) is 0. The molecule has 1 heterocycles. The maximum atomic E-state index is 12.2. The highest BCUT2D eigenvalue weighted by Gasteiger charge is 2.24. The molecule has 0 radical (unpaired) electrons. The van der Waals surface area contributed by atoms with Gasteiger partial charge in [0.15, 0.2) is 0 Å². The number of nitrogens with one attached hydrogen (secondary N) is 1. The van der Waals surface area contributed by atoms with Crippen LogP contribution in [0.2, 0.25) is 0 Å². The largest absolute Gasteiger partial charge is 0.393 e. The molecule has 2 atom stereocenters. The predicted octanol–water partition coefficient (Wildman–Crippen LogP) is 2.31. The average Bonchev–Trinajstić information content (AvgIpc) is 2.61. The molecule has 0 bridgehead atoms. The number of rotatable bonds is 7. The molecule has 1 amide bonds. The van der Waals surface area contributed by atoms with Gasteiger partial charge in [-0.15, -0.1) is 0 Å². The van der Waals surface area contributed by atoms with E-state index in [0.29, 0.717) is 18.6 Å². The van der Waals surface area contributed by atoms with Crippen molar-refractivity contribution in [3.05, 3.63) is 0 Å². The Morgan fingerprint density at radius 3 is 2.60 bits per heavy atom. The second kappa shape index (κ2) is 9.35. The molecule has 2 unspecified atom stereocenters. The number of aliphatic hydroxyl groups excluding tert-OH is 1. The summed E-state index contributed by atoms with van der Waals surface area (Å²) in [4.78, 5) is 14.4. The lowest BCUT2D eigenvalue weighted by Gasteiger charge is -2.30. The molecule has 0 spiro atoms. The van der Waals surface area contributed by atoms with Gasteiger partial charge in [-0.1, -0.05) is 26.7 Å². The second-order valence-corrected chi connectivity index (χ2v) is 6.14. The van der Waals surface area contributed by atoms with Gasteiger partial charge in [-0.05, 0) is 45.6 Å². The molecule has 1 saturated heterocycles. The van der Waals surface area contributed by atoms with Crippen molar-refractivity contribution >= 4 is 5.91 Å². The van der Waals surface area contributed by atoms with Gasteiger partial charge in [0.1, 0.15) is 0 Å². The molecule has 2 N–H and O–H groups in total. The van der Waals surface area contributed by atoms with Gasteiger partial charge in [0.25, 0.3) is 0 Å². The molecule has 0 aromatic rings. The van der Waals surface area contributed by atoms with Gasteiger partial charge in [-0.2, -0.15) is 0 Å². The van der Waals surface area contributed by atoms with Crippen LogP contribution in [0, 0.1) is 0 Å². The van der Waals surface area contributed by atoms with E-state index in [9.17, 15) is 9.90 Å². The maximum Gasteiger partial charge on any atom is 0.234 e. The van der Waals surface area contributed by atoms with Crippen molar-refractivity contribution in [2.24, 2.45) is 0 Å². The van der Waals surface area contributed by atoms with Gasteiger partial charge in [0.2, 0.25) is 5.91 Å². The molecule has 1 rings (SSSR count). The Labute approximate surface area is 123 Å². The molecule has 0 aromatic carbocycles. The Morgan fingerprint density at radius 2 is 2.00 bits per heavy atom. The lowest BCUT2D eigenvalue weighted by molar-refractivity contribution is -0.123. The maximum absolute atomic E-state index is 12.2. The van der Waals surface area contributed by atoms with Gasteiger partial charge in [0.05, 0.1) is 12.6 Å². The molecular formula is C16H32N2O2. The minimum absolute atomic E-state index is 0.135. The van der Waals surface area contributed by atoms with Gasteiger partial charge < -0.3 is 10.4 Å². The van der Waals surface area contributed by atoms with Crippen LogP contribution >= 0.6 is 0 Å². The molecule has 1 aliphatic rings. The Bertz CT molecular complexity index is 278. The van der Waals surface area contributed by atoms with Crippen LogP contribution in [0.1, 0.15) is 65.7 Å². The summed E-state index contributed by atoms with van der Waals surface area (Å²) in [6.07, 6.45) is 7.17. The van der Waals surface area contributed by atoms with Crippen molar-refractivity contribution in [1.82, 2.24) is 10.2 Å². The van der Waals surface area contributed by atoms with Crippen LogP contribution in [0.4, 0.5) is 0 Å². The van der Waals surface area contributed by atoms with Gasteiger partial charge in [-0.3, -0.25) is 9.69 Å². The second-order valence-electron chi connectivity index (χ2n) is 6.14. The Morgan fingerprint density at radius 1 is 1.30 bits per heavy atom. The molecule has 118 valence electrons. The summed E-state index contributed by atoms with van der Waals surface area (Å²) < 4.78 is 0. The molecule has 4 heteroatoms. The van der Waals surface area contributed by atoms with Crippen LogP contribution in [0.5, 0.6) is 0 Å². The molecular weight excluding hydrogens is 252 g/mol. The monoisotopic (exact) mass is 284 g/mol. The highest BCUT2D eigenvalue weighted by atomic mass is 16.3. The lowest BCUT2D eigenvalue weighted by Crippen LogP contribution is -2.46. The van der Waals surface area contributed by atoms with Crippen molar-refractivity contribution in [3.8, 4) is 0 Å². The van der Waals surface area contributed by atoms with Crippen LogP contribution in [-0.2, 0) is 4.79 Å². The summed E-state index contributed by atoms with van der Waals surface area (Å²) in [5, 5.41) is 12.8. The minimum atomic E-state index is -0.289. The number of likely N-dealkylation sites (tertiary alicyclic amines) is 1. The third-order valence-electron chi connectivity index (χ3n) is 4.31. The summed E-state index contributed by atoms with van der Waals surface area (Å²) in [5.74, 6) is 0.135. The summed E-state index contributed by atoms with van der Waals surface area (Å²) in [6.45, 7) is 7.52. The zero-order valence-corrected chi connectivity index (χ0v) is 13.4. The first kappa shape index (κ1) is 17.4. The third-order valence-corrected chi connectivity index (χ3v) is 4.31. The van der Waals surface area contributed by atoms with Gasteiger partial charge in [-0.25, -0.2) is 0 Å². The summed E-state index contributed by atoms with van der Waals surface area (Å²) >= 11 is 0. The minimum Gasteiger partial charge on any atom is -0.393 e. The Hall–Kier alpha value is -0.610. The standard InChI is InChI=1S/C16H32N2O2/c1-4-14(5-2)17-16(20)12-18-10-8-6-7-9-15(18)11-13(3)19/h13-15,19H,4-12H2,1-3H3,(H,17,20). The van der Waals surface area contributed by atoms with E-state index in [1.54, 1.807) is 0 Å². The van der Waals surface area contributed by atoms with E-state index in [4.69, 9.17) is 0 Å². The smallest absolute Gasteiger partial charge is 0.234 e. The third kappa shape index (κ3) is 6.23. The van der Waals surface area contributed by atoms with E-state index in [2.05, 4.69) is 24.1 Å². The Kier molecular flexibility index (Phi) is 8.15. The molecule has 1 fully saturated rings. The first-order valence-electron chi connectivity index (χ1n) is 8.28. The normalized spacial score (nSPS) is 22.6. The van der Waals surface area contributed by atoms with Crippen LogP contribution in [0.3, 0.4) is 0 Å². The zero-order chi connectivity index (χ0) is 15.0. The van der Waals surface area contributed by atoms with E-state index < -0.39 is 0 Å². The average molecular weight is 284 g/mol. The summed E-state index contributed by atoms with van der Waals surface area (Å²) in [7, 11) is 0. The Balaban J connectivity index is 2.53. The van der Waals surface area contributed by atoms with Crippen molar-refractivity contribution in [2.75, 3.05) is 13.1 Å². The lowest BCUT2D eigenvalue weighted by atomic mass is 10.0. The molecule has 1 aliphatic heterocycles. The number of amides is 1. The fourth-order valence-corrected chi connectivity index (χ4v) is 3.06. The highest BCUT2D eigenvalue weighted by Crippen LogP contribution is 2.20. The van der Waals surface area contributed by atoms with E-state index in [0.717, 1.165) is 38.6 Å². The fourth-order valence-electron chi connectivity index (χ4n) is 3.06. The van der Waals surface area contributed by atoms with Crippen molar-refractivity contribution in [1.29, 1.82) is 0 Å². The number of aliphatic hydroxyl groups is 1. The van der Waals surface area contributed by atoms with E-state index in [1.165, 1.54) is 12.8 Å². The SMILES string of the molecule is CCC(CC)NC(=O)CN1CCCCCC1CC(C)O. The molecule has 0 saturated carbocycles. The molecule has 0 aromatic heterocycles. The number of nitrogens with zero attached hydrogens (tertiary/aromatic N) is 1. The predicted molar refractivity (Wildman–Crippen MR) is 82.6 cm³/mol. The first-order valence-corrected chi connectivity index (χ1v) is 8.28. The number of carbonyl (C=O) groups excluding carboxylic acids is 1. The van der Waals surface area contributed by atoms with Gasteiger partial charge >= 0.3 is 0 Å². The fraction of sp³-hybridized carbons (Fsp3) is 0.938. The topological polar surface area (TPSA) is 52.6 Å². The van der Waals surface area contributed by atoms with Crippen molar-refractivity contribution in [2.45, 2.75) is 83.9 Å². The summed E-state index contributed by atoms with van der Waals surface area (Å²) in [6, 6.07) is 0.648. The van der Waals surface area contributed by atoms with Crippen molar-refractivity contribution in [3.63, 3.8) is 0 Å². The van der Waals surface area contributed by atoms with Crippen LogP contribution in [0.25, 0.3) is 0 Å². The van der Waals surface area contributed by atoms with Crippen molar-refractivity contribution < 1.29 is 9.90 Å². The quantitative estimate of drug-likeness (QED) is 0.754. The van der Waals surface area contributed by atoms with Crippen LogP contribution in [0.15, 0.2) is 0 Å². The number of carbonyl (C=O) groups is 1. The zero-order valence-electron chi connectivity index (χ0n) is 13.4. The number of hydrogen-bond donors (Lipinski definition) is 2. The van der Waals surface area contributed by atoms with Crippen LogP contribution < -0.4 is 5.32 Å². The van der Waals surface area contributed by atoms with E-state index >= 15 is 0 Å². The first-order chi connectivity index (χ1) is 9.56. The van der Waals surface area contributed by atoms with E-state index in [1.807, 2.05) is 6.92 Å². The molecule has 20 heavy (non-hydrogen) atoms. The number of hydrogen-bond acceptors (Lipinski definition) is 3. The van der Waals surface area contributed by atoms with E-state index in [-0.39, 0.29) is 12.0 Å². The van der Waals surface area contributed by atoms with Gasteiger partial charge in [0, 0.05) is 12.1 Å². The highest BCUT2D eigenvalue weighted by molar-refractivity contribution is 5.78.